The summed E-state index contributed by atoms with van der Waals surface area (Å²) in [5.41, 5.74) is 0.827. The van der Waals surface area contributed by atoms with Crippen molar-refractivity contribution in [2.45, 2.75) is 32.7 Å². The Morgan fingerprint density at radius 3 is 2.57 bits per heavy atom. The highest BCUT2D eigenvalue weighted by atomic mass is 16.5. The van der Waals surface area contributed by atoms with Crippen LogP contribution < -0.4 is 14.8 Å². The molecule has 1 aromatic carbocycles. The molecule has 23 heavy (non-hydrogen) atoms. The van der Waals surface area contributed by atoms with E-state index in [9.17, 15) is 4.79 Å². The molecule has 2 rings (SSSR count). The Hall–Kier alpha value is -2.57. The number of benzene rings is 1. The van der Waals surface area contributed by atoms with Crippen LogP contribution in [0, 0.1) is 0 Å². The normalized spacial score (nSPS) is 10.7. The zero-order valence-electron chi connectivity index (χ0n) is 13.8. The minimum Gasteiger partial charge on any atom is -0.493 e. The molecule has 0 radical (unpaired) electrons. The van der Waals surface area contributed by atoms with Gasteiger partial charge < -0.3 is 19.2 Å². The Morgan fingerprint density at radius 1 is 1.22 bits per heavy atom. The smallest absolute Gasteiger partial charge is 0.235 e. The van der Waals surface area contributed by atoms with Crippen molar-refractivity contribution in [2.24, 2.45) is 0 Å². The van der Waals surface area contributed by atoms with Crippen LogP contribution in [0.1, 0.15) is 37.1 Å². The van der Waals surface area contributed by atoms with Crippen LogP contribution in [0.5, 0.6) is 11.5 Å². The molecule has 0 saturated heterocycles. The van der Waals surface area contributed by atoms with Gasteiger partial charge in [0.15, 0.2) is 11.5 Å². The quantitative estimate of drug-likeness (QED) is 0.840. The van der Waals surface area contributed by atoms with Crippen LogP contribution in [0.25, 0.3) is 0 Å². The first-order valence-corrected chi connectivity index (χ1v) is 7.33. The van der Waals surface area contributed by atoms with Crippen LogP contribution in [0.3, 0.4) is 0 Å². The van der Waals surface area contributed by atoms with Crippen LogP contribution in [-0.4, -0.2) is 30.3 Å². The lowest BCUT2D eigenvalue weighted by molar-refractivity contribution is -0.120. The van der Waals surface area contributed by atoms with Gasteiger partial charge in [0, 0.05) is 5.92 Å². The lowest BCUT2D eigenvalue weighted by Gasteiger charge is -2.09. The summed E-state index contributed by atoms with van der Waals surface area (Å²) in [6.07, 6.45) is 0.228. The average Bonchev–Trinajstić information content (AvgIpc) is 3.02. The summed E-state index contributed by atoms with van der Waals surface area (Å²) in [6, 6.07) is 5.38. The first-order chi connectivity index (χ1) is 11.0. The zero-order chi connectivity index (χ0) is 16.8. The maximum absolute atomic E-state index is 12.0. The van der Waals surface area contributed by atoms with Gasteiger partial charge in [0.2, 0.25) is 17.7 Å². The Morgan fingerprint density at radius 2 is 1.96 bits per heavy atom. The van der Waals surface area contributed by atoms with E-state index in [1.807, 2.05) is 19.9 Å². The standard InChI is InChI=1S/C16H21N3O4/c1-10(2)16-19-18-15(23-16)9-17-14(20)8-11-5-6-12(21-3)13(7-11)22-4/h5-7,10H,8-9H2,1-4H3,(H,17,20). The number of methoxy groups -OCH3 is 2. The first kappa shape index (κ1) is 16.8. The fourth-order valence-corrected chi connectivity index (χ4v) is 1.98. The molecule has 2 aromatic rings. The van der Waals surface area contributed by atoms with E-state index in [4.69, 9.17) is 13.9 Å². The van der Waals surface area contributed by atoms with Crippen LogP contribution in [0.15, 0.2) is 22.6 Å². The number of rotatable bonds is 7. The second-order valence-corrected chi connectivity index (χ2v) is 5.33. The minimum atomic E-state index is -0.137. The molecular weight excluding hydrogens is 298 g/mol. The van der Waals surface area contributed by atoms with Gasteiger partial charge >= 0.3 is 0 Å². The van der Waals surface area contributed by atoms with E-state index in [0.717, 1.165) is 5.56 Å². The molecule has 1 amide bonds. The lowest BCUT2D eigenvalue weighted by Crippen LogP contribution is -2.24. The van der Waals surface area contributed by atoms with Crippen molar-refractivity contribution in [3.05, 3.63) is 35.5 Å². The second kappa shape index (κ2) is 7.62. The van der Waals surface area contributed by atoms with Gasteiger partial charge in [0.1, 0.15) is 0 Å². The van der Waals surface area contributed by atoms with Gasteiger partial charge in [0.25, 0.3) is 0 Å². The van der Waals surface area contributed by atoms with Gasteiger partial charge in [-0.05, 0) is 17.7 Å². The molecule has 1 aromatic heterocycles. The highest BCUT2D eigenvalue weighted by Crippen LogP contribution is 2.27. The van der Waals surface area contributed by atoms with E-state index < -0.39 is 0 Å². The molecule has 0 aliphatic carbocycles. The monoisotopic (exact) mass is 319 g/mol. The summed E-state index contributed by atoms with van der Waals surface area (Å²) >= 11 is 0. The maximum Gasteiger partial charge on any atom is 0.235 e. The van der Waals surface area contributed by atoms with Crippen molar-refractivity contribution in [2.75, 3.05) is 14.2 Å². The number of hydrogen-bond acceptors (Lipinski definition) is 6. The molecular formula is C16H21N3O4. The predicted octanol–water partition coefficient (Wildman–Crippen LogP) is 2.07. The summed E-state index contributed by atoms with van der Waals surface area (Å²) in [4.78, 5) is 12.0. The predicted molar refractivity (Wildman–Crippen MR) is 83.5 cm³/mol. The van der Waals surface area contributed by atoms with Gasteiger partial charge in [-0.1, -0.05) is 19.9 Å². The fraction of sp³-hybridized carbons (Fsp3) is 0.438. The van der Waals surface area contributed by atoms with Crippen molar-refractivity contribution in [1.82, 2.24) is 15.5 Å². The molecule has 0 bridgehead atoms. The molecule has 0 atom stereocenters. The van der Waals surface area contributed by atoms with Crippen molar-refractivity contribution >= 4 is 5.91 Å². The number of ether oxygens (including phenoxy) is 2. The highest BCUT2D eigenvalue weighted by Gasteiger charge is 2.12. The molecule has 0 saturated carbocycles. The third-order valence-electron chi connectivity index (χ3n) is 3.23. The molecule has 7 heteroatoms. The molecule has 0 spiro atoms. The van der Waals surface area contributed by atoms with E-state index in [0.29, 0.717) is 23.3 Å². The number of hydrogen-bond donors (Lipinski definition) is 1. The molecule has 0 aliphatic rings. The Kier molecular flexibility index (Phi) is 5.56. The van der Waals surface area contributed by atoms with Crippen LogP contribution in [0.4, 0.5) is 0 Å². The summed E-state index contributed by atoms with van der Waals surface area (Å²) in [5.74, 6) is 2.21. The summed E-state index contributed by atoms with van der Waals surface area (Å²) in [7, 11) is 3.13. The van der Waals surface area contributed by atoms with E-state index in [1.165, 1.54) is 0 Å². The van der Waals surface area contributed by atoms with Gasteiger partial charge in [-0.3, -0.25) is 4.79 Å². The van der Waals surface area contributed by atoms with Gasteiger partial charge in [-0.2, -0.15) is 0 Å². The number of amides is 1. The second-order valence-electron chi connectivity index (χ2n) is 5.33. The molecule has 0 unspecified atom stereocenters. The third-order valence-corrected chi connectivity index (χ3v) is 3.23. The summed E-state index contributed by atoms with van der Waals surface area (Å²) < 4.78 is 15.8. The van der Waals surface area contributed by atoms with Gasteiger partial charge in [-0.15, -0.1) is 10.2 Å². The number of nitrogens with one attached hydrogen (secondary N) is 1. The Bertz CT molecular complexity index is 667. The largest absolute Gasteiger partial charge is 0.493 e. The molecule has 1 N–H and O–H groups in total. The van der Waals surface area contributed by atoms with E-state index >= 15 is 0 Å². The minimum absolute atomic E-state index is 0.137. The number of nitrogens with zero attached hydrogens (tertiary/aromatic N) is 2. The van der Waals surface area contributed by atoms with Crippen LogP contribution >= 0.6 is 0 Å². The Labute approximate surface area is 135 Å². The van der Waals surface area contributed by atoms with E-state index in [2.05, 4.69) is 15.5 Å². The SMILES string of the molecule is COc1ccc(CC(=O)NCc2nnc(C(C)C)o2)cc1OC. The van der Waals surface area contributed by atoms with Crippen molar-refractivity contribution in [1.29, 1.82) is 0 Å². The topological polar surface area (TPSA) is 86.5 Å². The number of carbonyl (C=O) groups is 1. The van der Waals surface area contributed by atoms with E-state index in [1.54, 1.807) is 26.4 Å². The van der Waals surface area contributed by atoms with Crippen molar-refractivity contribution in [3.63, 3.8) is 0 Å². The van der Waals surface area contributed by atoms with Gasteiger partial charge in [0.05, 0.1) is 27.2 Å². The number of aromatic nitrogens is 2. The first-order valence-electron chi connectivity index (χ1n) is 7.33. The van der Waals surface area contributed by atoms with Crippen molar-refractivity contribution < 1.29 is 18.7 Å². The molecule has 124 valence electrons. The zero-order valence-corrected chi connectivity index (χ0v) is 13.8. The van der Waals surface area contributed by atoms with Crippen LogP contribution in [-0.2, 0) is 17.8 Å². The molecule has 7 nitrogen and oxygen atoms in total. The van der Waals surface area contributed by atoms with Crippen LogP contribution in [0.2, 0.25) is 0 Å². The fourth-order valence-electron chi connectivity index (χ4n) is 1.98. The van der Waals surface area contributed by atoms with Gasteiger partial charge in [-0.25, -0.2) is 0 Å². The maximum atomic E-state index is 12.0. The summed E-state index contributed by atoms with van der Waals surface area (Å²) in [6.45, 7) is 4.14. The molecule has 1 heterocycles. The molecule has 0 fully saturated rings. The van der Waals surface area contributed by atoms with Crippen molar-refractivity contribution in [3.8, 4) is 11.5 Å². The third kappa shape index (κ3) is 4.45. The van der Waals surface area contributed by atoms with E-state index in [-0.39, 0.29) is 24.8 Å². The number of carbonyl (C=O) groups excluding carboxylic acids is 1. The highest BCUT2D eigenvalue weighted by molar-refractivity contribution is 5.78. The average molecular weight is 319 g/mol. The molecule has 0 aliphatic heterocycles. The Balaban J connectivity index is 1.91. The lowest BCUT2D eigenvalue weighted by atomic mass is 10.1. The summed E-state index contributed by atoms with van der Waals surface area (Å²) in [5, 5.41) is 10.6.